The molecule has 0 aliphatic rings. The van der Waals surface area contributed by atoms with E-state index in [9.17, 15) is 9.18 Å². The molecule has 0 spiro atoms. The molecule has 0 heterocycles. The maximum Gasteiger partial charge on any atom is 0.251 e. The van der Waals surface area contributed by atoms with Gasteiger partial charge in [-0.15, -0.1) is 0 Å². The zero-order valence-corrected chi connectivity index (χ0v) is 11.8. The van der Waals surface area contributed by atoms with Crippen molar-refractivity contribution in [3.05, 3.63) is 47.8 Å². The average Bonchev–Trinajstić information content (AvgIpc) is 2.51. The molecule has 112 valence electrons. The Hall–Kier alpha value is -1.98. The Balaban J connectivity index is 1.98. The van der Waals surface area contributed by atoms with Crippen LogP contribution in [0.15, 0.2) is 36.4 Å². The third kappa shape index (κ3) is 4.00. The Bertz CT molecular complexity index is 616. The van der Waals surface area contributed by atoms with Crippen molar-refractivity contribution in [2.75, 3.05) is 26.3 Å². The average molecular weight is 290 g/mol. The van der Waals surface area contributed by atoms with Crippen molar-refractivity contribution in [2.24, 2.45) is 5.73 Å². The highest BCUT2D eigenvalue weighted by molar-refractivity contribution is 6.07. The van der Waals surface area contributed by atoms with Gasteiger partial charge >= 0.3 is 0 Å². The molecule has 2 aromatic rings. The van der Waals surface area contributed by atoms with Crippen LogP contribution in [0.5, 0.6) is 0 Å². The van der Waals surface area contributed by atoms with Gasteiger partial charge in [0.25, 0.3) is 5.91 Å². The molecule has 0 bridgehead atoms. The lowest BCUT2D eigenvalue weighted by Crippen LogP contribution is -2.25. The summed E-state index contributed by atoms with van der Waals surface area (Å²) >= 11 is 0. The Morgan fingerprint density at radius 2 is 1.90 bits per heavy atom. The second kappa shape index (κ2) is 7.71. The van der Waals surface area contributed by atoms with Gasteiger partial charge in [-0.2, -0.15) is 0 Å². The standard InChI is InChI=1S/C16H19FN2O2/c17-15-7-6-14(12-4-1-2-5-13(12)15)16(20)19-9-3-10-21-11-8-18/h1-2,4-7H,3,8-11,18H2,(H,19,20). The first kappa shape index (κ1) is 15.4. The lowest BCUT2D eigenvalue weighted by molar-refractivity contribution is 0.0944. The summed E-state index contributed by atoms with van der Waals surface area (Å²) in [7, 11) is 0. The minimum absolute atomic E-state index is 0.204. The number of nitrogens with one attached hydrogen (secondary N) is 1. The predicted octanol–water partition coefficient (Wildman–Crippen LogP) is 2.07. The predicted molar refractivity (Wildman–Crippen MR) is 80.7 cm³/mol. The molecule has 0 aliphatic carbocycles. The number of nitrogens with two attached hydrogens (primary N) is 1. The number of carbonyl (C=O) groups excluding carboxylic acids is 1. The summed E-state index contributed by atoms with van der Waals surface area (Å²) in [6, 6.07) is 9.79. The van der Waals surface area contributed by atoms with Gasteiger partial charge in [-0.3, -0.25) is 4.79 Å². The van der Waals surface area contributed by atoms with Crippen LogP contribution in [0.1, 0.15) is 16.8 Å². The number of ether oxygens (including phenoxy) is 1. The molecule has 0 saturated heterocycles. The minimum Gasteiger partial charge on any atom is -0.380 e. The molecule has 0 fully saturated rings. The molecule has 21 heavy (non-hydrogen) atoms. The monoisotopic (exact) mass is 290 g/mol. The molecule has 4 nitrogen and oxygen atoms in total. The Morgan fingerprint density at radius 3 is 2.67 bits per heavy atom. The van der Waals surface area contributed by atoms with E-state index in [1.165, 1.54) is 12.1 Å². The van der Waals surface area contributed by atoms with Crippen LogP contribution in [0.3, 0.4) is 0 Å². The number of benzene rings is 2. The van der Waals surface area contributed by atoms with Gasteiger partial charge in [-0.25, -0.2) is 4.39 Å². The molecule has 2 aromatic carbocycles. The van der Waals surface area contributed by atoms with Crippen LogP contribution >= 0.6 is 0 Å². The first-order valence-corrected chi connectivity index (χ1v) is 6.97. The van der Waals surface area contributed by atoms with Crippen molar-refractivity contribution in [1.29, 1.82) is 0 Å². The van der Waals surface area contributed by atoms with Gasteiger partial charge in [0.2, 0.25) is 0 Å². The fraction of sp³-hybridized carbons (Fsp3) is 0.312. The number of carbonyl (C=O) groups is 1. The molecular formula is C16H19FN2O2. The first-order valence-electron chi connectivity index (χ1n) is 6.97. The van der Waals surface area contributed by atoms with E-state index in [-0.39, 0.29) is 11.7 Å². The van der Waals surface area contributed by atoms with Crippen LogP contribution in [-0.2, 0) is 4.74 Å². The highest BCUT2D eigenvalue weighted by atomic mass is 19.1. The van der Waals surface area contributed by atoms with Crippen LogP contribution in [-0.4, -0.2) is 32.2 Å². The van der Waals surface area contributed by atoms with Crippen molar-refractivity contribution >= 4 is 16.7 Å². The fourth-order valence-corrected chi connectivity index (χ4v) is 2.12. The number of fused-ring (bicyclic) bond motifs is 1. The van der Waals surface area contributed by atoms with Crippen LogP contribution < -0.4 is 11.1 Å². The zero-order chi connectivity index (χ0) is 15.1. The molecule has 0 unspecified atom stereocenters. The summed E-state index contributed by atoms with van der Waals surface area (Å²) < 4.78 is 18.9. The van der Waals surface area contributed by atoms with Gasteiger partial charge in [0.1, 0.15) is 5.82 Å². The van der Waals surface area contributed by atoms with Gasteiger partial charge in [0.15, 0.2) is 0 Å². The van der Waals surface area contributed by atoms with Crippen LogP contribution in [0, 0.1) is 5.82 Å². The number of hydrogen-bond donors (Lipinski definition) is 2. The van der Waals surface area contributed by atoms with E-state index in [2.05, 4.69) is 5.32 Å². The van der Waals surface area contributed by atoms with Crippen molar-refractivity contribution in [2.45, 2.75) is 6.42 Å². The van der Waals surface area contributed by atoms with E-state index in [1.54, 1.807) is 24.3 Å². The van der Waals surface area contributed by atoms with Crippen molar-refractivity contribution in [1.82, 2.24) is 5.32 Å². The molecule has 0 aromatic heterocycles. The molecule has 0 saturated carbocycles. The summed E-state index contributed by atoms with van der Waals surface area (Å²) in [5.41, 5.74) is 5.79. The summed E-state index contributed by atoms with van der Waals surface area (Å²) in [6.45, 7) is 2.08. The van der Waals surface area contributed by atoms with Gasteiger partial charge in [-0.1, -0.05) is 24.3 Å². The van der Waals surface area contributed by atoms with E-state index in [0.29, 0.717) is 49.1 Å². The molecule has 5 heteroatoms. The van der Waals surface area contributed by atoms with Gasteiger partial charge in [-0.05, 0) is 23.9 Å². The quantitative estimate of drug-likeness (QED) is 0.767. The summed E-state index contributed by atoms with van der Waals surface area (Å²) in [4.78, 5) is 12.2. The van der Waals surface area contributed by atoms with E-state index >= 15 is 0 Å². The second-order valence-electron chi connectivity index (χ2n) is 4.65. The third-order valence-electron chi connectivity index (χ3n) is 3.13. The zero-order valence-electron chi connectivity index (χ0n) is 11.8. The smallest absolute Gasteiger partial charge is 0.251 e. The molecule has 2 rings (SSSR count). The van der Waals surface area contributed by atoms with Crippen LogP contribution in [0.4, 0.5) is 4.39 Å². The fourth-order valence-electron chi connectivity index (χ4n) is 2.12. The van der Waals surface area contributed by atoms with E-state index in [4.69, 9.17) is 10.5 Å². The SMILES string of the molecule is NCCOCCCNC(=O)c1ccc(F)c2ccccc12. The Kier molecular flexibility index (Phi) is 5.66. The highest BCUT2D eigenvalue weighted by Gasteiger charge is 2.11. The molecule has 0 aliphatic heterocycles. The van der Waals surface area contributed by atoms with Crippen molar-refractivity contribution < 1.29 is 13.9 Å². The molecule has 0 radical (unpaired) electrons. The second-order valence-corrected chi connectivity index (χ2v) is 4.65. The summed E-state index contributed by atoms with van der Waals surface area (Å²) in [5, 5.41) is 3.89. The van der Waals surface area contributed by atoms with E-state index in [1.807, 2.05) is 0 Å². The van der Waals surface area contributed by atoms with Gasteiger partial charge < -0.3 is 15.8 Å². The lowest BCUT2D eigenvalue weighted by atomic mass is 10.0. The van der Waals surface area contributed by atoms with Gasteiger partial charge in [0, 0.05) is 30.6 Å². The summed E-state index contributed by atoms with van der Waals surface area (Å²) in [5.74, 6) is -0.526. The van der Waals surface area contributed by atoms with Crippen molar-refractivity contribution in [3.8, 4) is 0 Å². The molecular weight excluding hydrogens is 271 g/mol. The largest absolute Gasteiger partial charge is 0.380 e. The Morgan fingerprint density at radius 1 is 1.14 bits per heavy atom. The van der Waals surface area contributed by atoms with Crippen LogP contribution in [0.2, 0.25) is 0 Å². The molecule has 1 amide bonds. The minimum atomic E-state index is -0.322. The normalized spacial score (nSPS) is 10.8. The number of hydrogen-bond acceptors (Lipinski definition) is 3. The highest BCUT2D eigenvalue weighted by Crippen LogP contribution is 2.21. The maximum absolute atomic E-state index is 13.7. The number of amides is 1. The number of halogens is 1. The Labute approximate surface area is 123 Å². The molecule has 3 N–H and O–H groups in total. The van der Waals surface area contributed by atoms with Crippen molar-refractivity contribution in [3.63, 3.8) is 0 Å². The number of rotatable bonds is 7. The third-order valence-corrected chi connectivity index (χ3v) is 3.13. The molecule has 0 atom stereocenters. The topological polar surface area (TPSA) is 64.3 Å². The van der Waals surface area contributed by atoms with E-state index < -0.39 is 0 Å². The summed E-state index contributed by atoms with van der Waals surface area (Å²) in [6.07, 6.45) is 0.713. The van der Waals surface area contributed by atoms with Gasteiger partial charge in [0.05, 0.1) is 6.61 Å². The van der Waals surface area contributed by atoms with Crippen LogP contribution in [0.25, 0.3) is 10.8 Å². The maximum atomic E-state index is 13.7. The first-order chi connectivity index (χ1) is 10.2. The lowest BCUT2D eigenvalue weighted by Gasteiger charge is -2.09. The van der Waals surface area contributed by atoms with E-state index in [0.717, 1.165) is 0 Å².